The summed E-state index contributed by atoms with van der Waals surface area (Å²) in [5.41, 5.74) is 0.0549. The SMILES string of the molecule is COC(=O)C1(CCN[C@H](C(=O)OCc2ccccc2)C2CCCC2)CCN(C(=O)O)C1. The van der Waals surface area contributed by atoms with Crippen LogP contribution in [-0.2, 0) is 25.7 Å². The summed E-state index contributed by atoms with van der Waals surface area (Å²) >= 11 is 0. The molecule has 1 heterocycles. The molecule has 1 unspecified atom stereocenters. The maximum Gasteiger partial charge on any atom is 0.407 e. The van der Waals surface area contributed by atoms with Gasteiger partial charge < -0.3 is 24.8 Å². The Labute approximate surface area is 182 Å². The van der Waals surface area contributed by atoms with Crippen molar-refractivity contribution >= 4 is 18.0 Å². The molecular formula is C23H32N2O6. The van der Waals surface area contributed by atoms with Crippen LogP contribution in [0.3, 0.4) is 0 Å². The predicted octanol–water partition coefficient (Wildman–Crippen LogP) is 2.81. The second kappa shape index (κ2) is 10.6. The number of amides is 1. The van der Waals surface area contributed by atoms with Crippen molar-refractivity contribution in [1.82, 2.24) is 10.2 Å². The lowest BCUT2D eigenvalue weighted by Gasteiger charge is -2.28. The van der Waals surface area contributed by atoms with E-state index in [2.05, 4.69) is 5.32 Å². The molecule has 1 aliphatic heterocycles. The summed E-state index contributed by atoms with van der Waals surface area (Å²) in [4.78, 5) is 37.9. The number of rotatable bonds is 9. The van der Waals surface area contributed by atoms with E-state index in [0.717, 1.165) is 31.2 Å². The van der Waals surface area contributed by atoms with Crippen molar-refractivity contribution in [2.75, 3.05) is 26.7 Å². The van der Waals surface area contributed by atoms with E-state index in [1.807, 2.05) is 30.3 Å². The standard InChI is InChI=1S/C23H32N2O6/c1-30-21(27)23(12-14-25(16-23)22(28)29)11-13-24-19(18-9-5-6-10-18)20(26)31-15-17-7-3-2-4-8-17/h2-4,7-8,18-19,24H,5-6,9-16H2,1H3,(H,28,29)/t19-,23?/m0/s1. The molecule has 1 aromatic carbocycles. The number of benzene rings is 1. The van der Waals surface area contributed by atoms with Crippen LogP contribution in [0.5, 0.6) is 0 Å². The monoisotopic (exact) mass is 432 g/mol. The van der Waals surface area contributed by atoms with Crippen molar-refractivity contribution in [2.45, 2.75) is 51.2 Å². The first-order valence-corrected chi connectivity index (χ1v) is 11.0. The molecule has 1 aromatic rings. The Bertz CT molecular complexity index is 765. The van der Waals surface area contributed by atoms with Gasteiger partial charge in [-0.2, -0.15) is 0 Å². The summed E-state index contributed by atoms with van der Waals surface area (Å²) < 4.78 is 10.6. The summed E-state index contributed by atoms with van der Waals surface area (Å²) in [6.07, 6.45) is 3.90. The highest BCUT2D eigenvalue weighted by molar-refractivity contribution is 5.79. The molecule has 1 saturated carbocycles. The first kappa shape index (κ1) is 23.1. The molecule has 0 spiro atoms. The molecule has 3 rings (SSSR count). The highest BCUT2D eigenvalue weighted by atomic mass is 16.5. The van der Waals surface area contributed by atoms with Gasteiger partial charge in [0.25, 0.3) is 0 Å². The van der Waals surface area contributed by atoms with Crippen LogP contribution in [0.25, 0.3) is 0 Å². The number of hydrogen-bond acceptors (Lipinski definition) is 6. The molecule has 1 amide bonds. The van der Waals surface area contributed by atoms with Crippen molar-refractivity contribution in [1.29, 1.82) is 0 Å². The minimum atomic E-state index is -1.04. The van der Waals surface area contributed by atoms with E-state index in [4.69, 9.17) is 9.47 Å². The van der Waals surface area contributed by atoms with Crippen molar-refractivity contribution in [3.63, 3.8) is 0 Å². The zero-order chi connectivity index (χ0) is 22.3. The minimum Gasteiger partial charge on any atom is -0.469 e. The second-order valence-corrected chi connectivity index (χ2v) is 8.55. The Morgan fingerprint density at radius 1 is 1.23 bits per heavy atom. The molecule has 31 heavy (non-hydrogen) atoms. The third-order valence-electron chi connectivity index (χ3n) is 6.56. The zero-order valence-electron chi connectivity index (χ0n) is 18.0. The van der Waals surface area contributed by atoms with E-state index in [9.17, 15) is 19.5 Å². The molecule has 8 nitrogen and oxygen atoms in total. The maximum atomic E-state index is 12.9. The van der Waals surface area contributed by atoms with Gasteiger partial charge in [0.1, 0.15) is 12.6 Å². The summed E-state index contributed by atoms with van der Waals surface area (Å²) in [6, 6.07) is 9.13. The highest BCUT2D eigenvalue weighted by Crippen LogP contribution is 2.35. The van der Waals surface area contributed by atoms with Crippen molar-refractivity contribution in [2.24, 2.45) is 11.3 Å². The van der Waals surface area contributed by atoms with Crippen LogP contribution in [0.2, 0.25) is 0 Å². The second-order valence-electron chi connectivity index (χ2n) is 8.55. The van der Waals surface area contributed by atoms with Crippen LogP contribution in [0.15, 0.2) is 30.3 Å². The minimum absolute atomic E-state index is 0.114. The molecule has 1 saturated heterocycles. The highest BCUT2D eigenvalue weighted by Gasteiger charge is 2.47. The van der Waals surface area contributed by atoms with Gasteiger partial charge in [0.15, 0.2) is 0 Å². The Balaban J connectivity index is 1.60. The molecule has 2 N–H and O–H groups in total. The average molecular weight is 433 g/mol. The van der Waals surface area contributed by atoms with E-state index in [-0.39, 0.29) is 25.0 Å². The van der Waals surface area contributed by atoms with Gasteiger partial charge in [-0.3, -0.25) is 9.59 Å². The number of hydrogen-bond donors (Lipinski definition) is 2. The number of esters is 2. The first-order chi connectivity index (χ1) is 14.9. The lowest BCUT2D eigenvalue weighted by molar-refractivity contribution is -0.152. The van der Waals surface area contributed by atoms with Gasteiger partial charge in [-0.05, 0) is 43.7 Å². The molecular weight excluding hydrogens is 400 g/mol. The van der Waals surface area contributed by atoms with Crippen molar-refractivity contribution < 1.29 is 29.0 Å². The zero-order valence-corrected chi connectivity index (χ0v) is 18.0. The third-order valence-corrected chi connectivity index (χ3v) is 6.56. The number of nitrogens with one attached hydrogen (secondary N) is 1. The Kier molecular flexibility index (Phi) is 7.90. The third kappa shape index (κ3) is 5.76. The number of ether oxygens (including phenoxy) is 2. The summed E-state index contributed by atoms with van der Waals surface area (Å²) in [5, 5.41) is 12.6. The van der Waals surface area contributed by atoms with E-state index >= 15 is 0 Å². The molecule has 8 heteroatoms. The van der Waals surface area contributed by atoms with Gasteiger partial charge in [0, 0.05) is 13.1 Å². The van der Waals surface area contributed by atoms with Crippen LogP contribution in [0, 0.1) is 11.3 Å². The Hall–Kier alpha value is -2.61. The molecule has 1 aliphatic carbocycles. The van der Waals surface area contributed by atoms with Crippen LogP contribution >= 0.6 is 0 Å². The van der Waals surface area contributed by atoms with Crippen molar-refractivity contribution in [3.8, 4) is 0 Å². The summed E-state index contributed by atoms with van der Waals surface area (Å²) in [5.74, 6) is -0.472. The summed E-state index contributed by atoms with van der Waals surface area (Å²) in [6.45, 7) is 1.05. The van der Waals surface area contributed by atoms with E-state index < -0.39 is 23.5 Å². The average Bonchev–Trinajstić information content (AvgIpc) is 3.46. The predicted molar refractivity (Wildman–Crippen MR) is 113 cm³/mol. The van der Waals surface area contributed by atoms with Gasteiger partial charge in [0.2, 0.25) is 0 Å². The quantitative estimate of drug-likeness (QED) is 0.578. The van der Waals surface area contributed by atoms with Crippen LogP contribution < -0.4 is 5.32 Å². The van der Waals surface area contributed by atoms with E-state index in [1.165, 1.54) is 12.0 Å². The largest absolute Gasteiger partial charge is 0.469 e. The van der Waals surface area contributed by atoms with Crippen LogP contribution in [0.1, 0.15) is 44.1 Å². The number of carbonyl (C=O) groups is 3. The van der Waals surface area contributed by atoms with Gasteiger partial charge in [-0.1, -0.05) is 43.2 Å². The molecule has 2 atom stereocenters. The lowest BCUT2D eigenvalue weighted by Crippen LogP contribution is -2.46. The number of carbonyl (C=O) groups excluding carboxylic acids is 2. The Morgan fingerprint density at radius 3 is 2.55 bits per heavy atom. The molecule has 2 fully saturated rings. The van der Waals surface area contributed by atoms with Crippen LogP contribution in [-0.4, -0.2) is 60.8 Å². The Morgan fingerprint density at radius 2 is 1.94 bits per heavy atom. The summed E-state index contributed by atoms with van der Waals surface area (Å²) in [7, 11) is 1.32. The van der Waals surface area contributed by atoms with E-state index in [0.29, 0.717) is 25.9 Å². The fourth-order valence-electron chi connectivity index (χ4n) is 4.74. The fourth-order valence-corrected chi connectivity index (χ4v) is 4.74. The molecule has 0 bridgehead atoms. The first-order valence-electron chi connectivity index (χ1n) is 11.0. The van der Waals surface area contributed by atoms with Crippen molar-refractivity contribution in [3.05, 3.63) is 35.9 Å². The number of methoxy groups -OCH3 is 1. The molecule has 2 aliphatic rings. The number of nitrogens with zero attached hydrogens (tertiary/aromatic N) is 1. The smallest absolute Gasteiger partial charge is 0.407 e. The van der Waals surface area contributed by atoms with E-state index in [1.54, 1.807) is 0 Å². The number of likely N-dealkylation sites (tertiary alicyclic amines) is 1. The van der Waals surface area contributed by atoms with Gasteiger partial charge in [-0.25, -0.2) is 4.79 Å². The normalized spacial score (nSPS) is 22.3. The number of carboxylic acid groups (broad SMARTS) is 1. The van der Waals surface area contributed by atoms with Crippen LogP contribution in [0.4, 0.5) is 4.79 Å². The van der Waals surface area contributed by atoms with Gasteiger partial charge in [-0.15, -0.1) is 0 Å². The van der Waals surface area contributed by atoms with Gasteiger partial charge in [0.05, 0.1) is 12.5 Å². The van der Waals surface area contributed by atoms with Gasteiger partial charge >= 0.3 is 18.0 Å². The maximum absolute atomic E-state index is 12.9. The molecule has 170 valence electrons. The molecule has 0 radical (unpaired) electrons. The topological polar surface area (TPSA) is 105 Å². The fraction of sp³-hybridized carbons (Fsp3) is 0.609. The molecule has 0 aromatic heterocycles. The lowest BCUT2D eigenvalue weighted by atomic mass is 9.83.